The molecule has 0 saturated heterocycles. The molecule has 6 heteroatoms. The number of hydrogen-bond donors (Lipinski definition) is 3. The van der Waals surface area contributed by atoms with Gasteiger partial charge in [-0.3, -0.25) is 4.99 Å². The molecule has 1 unspecified atom stereocenters. The summed E-state index contributed by atoms with van der Waals surface area (Å²) < 4.78 is 5.20. The Morgan fingerprint density at radius 1 is 1.08 bits per heavy atom. The van der Waals surface area contributed by atoms with Crippen LogP contribution in [0.15, 0.2) is 29.3 Å². The lowest BCUT2D eigenvalue weighted by Crippen LogP contribution is -2.44. The molecule has 1 rings (SSSR count). The highest BCUT2D eigenvalue weighted by Gasteiger charge is 2.08. The molecule has 0 radical (unpaired) electrons. The molecule has 0 saturated carbocycles. The average molecular weight is 462 g/mol. The number of benzene rings is 1. The summed E-state index contributed by atoms with van der Waals surface area (Å²) in [6.07, 6.45) is 1.05. The molecule has 0 aliphatic rings. The summed E-state index contributed by atoms with van der Waals surface area (Å²) in [5.74, 6) is 2.24. The Balaban J connectivity index is 0.00000576. The van der Waals surface area contributed by atoms with E-state index in [1.54, 1.807) is 14.2 Å². The van der Waals surface area contributed by atoms with Crippen molar-refractivity contribution < 1.29 is 4.74 Å². The van der Waals surface area contributed by atoms with Crippen molar-refractivity contribution in [3.05, 3.63) is 29.8 Å². The molecule has 5 nitrogen and oxygen atoms in total. The molecule has 0 heterocycles. The Labute approximate surface area is 170 Å². The molecule has 0 bridgehead atoms. The molecule has 1 aromatic carbocycles. The van der Waals surface area contributed by atoms with E-state index in [2.05, 4.69) is 60.8 Å². The molecule has 0 spiro atoms. The van der Waals surface area contributed by atoms with Crippen molar-refractivity contribution in [2.45, 2.75) is 45.6 Å². The highest BCUT2D eigenvalue weighted by Crippen LogP contribution is 2.21. The van der Waals surface area contributed by atoms with Crippen LogP contribution >= 0.6 is 24.0 Å². The maximum atomic E-state index is 5.20. The number of halogens is 1. The maximum Gasteiger partial charge on any atom is 0.191 e. The van der Waals surface area contributed by atoms with E-state index in [-0.39, 0.29) is 29.5 Å². The van der Waals surface area contributed by atoms with Gasteiger partial charge in [0, 0.05) is 32.2 Å². The summed E-state index contributed by atoms with van der Waals surface area (Å²) in [6, 6.07) is 8.30. The molecular weight excluding hydrogens is 427 g/mol. The number of rotatable bonds is 8. The molecule has 1 atom stereocenters. The summed E-state index contributed by atoms with van der Waals surface area (Å²) in [7, 11) is 3.50. The summed E-state index contributed by atoms with van der Waals surface area (Å²) >= 11 is 0. The standard InChI is InChI=1S/C19H34N4O.HI/c1-15(16-7-9-17(24-6)10-8-16)11-12-21-18(20-5)22-13-14-23-19(2,3)4;/h7-10,15,23H,11-14H2,1-6H3,(H2,20,21,22);1H. The van der Waals surface area contributed by atoms with Crippen LogP contribution in [0.25, 0.3) is 0 Å². The SMILES string of the molecule is CN=C(NCCNC(C)(C)C)NCCC(C)c1ccc(OC)cc1.I. The number of nitrogens with zero attached hydrogens (tertiary/aromatic N) is 1. The van der Waals surface area contributed by atoms with Crippen molar-refractivity contribution in [2.75, 3.05) is 33.8 Å². The molecule has 0 amide bonds. The lowest BCUT2D eigenvalue weighted by atomic mass is 9.98. The minimum absolute atomic E-state index is 0. The Hall–Kier alpha value is -1.02. The second kappa shape index (κ2) is 12.4. The van der Waals surface area contributed by atoms with Crippen LogP contribution in [0.2, 0.25) is 0 Å². The van der Waals surface area contributed by atoms with E-state index in [0.29, 0.717) is 5.92 Å². The second-order valence-electron chi connectivity index (χ2n) is 7.07. The lowest BCUT2D eigenvalue weighted by molar-refractivity contribution is 0.414. The highest BCUT2D eigenvalue weighted by molar-refractivity contribution is 14.0. The molecule has 144 valence electrons. The van der Waals surface area contributed by atoms with E-state index in [9.17, 15) is 0 Å². The first-order chi connectivity index (χ1) is 11.4. The van der Waals surface area contributed by atoms with Gasteiger partial charge in [-0.15, -0.1) is 24.0 Å². The topological polar surface area (TPSA) is 57.7 Å². The first-order valence-corrected chi connectivity index (χ1v) is 8.69. The molecule has 1 aromatic rings. The number of methoxy groups -OCH3 is 1. The van der Waals surface area contributed by atoms with Crippen molar-refractivity contribution in [3.63, 3.8) is 0 Å². The molecule has 3 N–H and O–H groups in total. The van der Waals surface area contributed by atoms with E-state index >= 15 is 0 Å². The van der Waals surface area contributed by atoms with Gasteiger partial charge in [-0.1, -0.05) is 19.1 Å². The Morgan fingerprint density at radius 3 is 2.20 bits per heavy atom. The van der Waals surface area contributed by atoms with Crippen LogP contribution in [-0.4, -0.2) is 45.3 Å². The first kappa shape index (κ1) is 24.0. The summed E-state index contributed by atoms with van der Waals surface area (Å²) in [5, 5.41) is 10.2. The lowest BCUT2D eigenvalue weighted by Gasteiger charge is -2.21. The third kappa shape index (κ3) is 10.5. The summed E-state index contributed by atoms with van der Waals surface area (Å²) in [5.41, 5.74) is 1.47. The number of hydrogen-bond acceptors (Lipinski definition) is 3. The van der Waals surface area contributed by atoms with Crippen molar-refractivity contribution in [3.8, 4) is 5.75 Å². The van der Waals surface area contributed by atoms with E-state index < -0.39 is 0 Å². The zero-order valence-corrected chi connectivity index (χ0v) is 18.8. The van der Waals surface area contributed by atoms with Gasteiger partial charge in [-0.05, 0) is 50.8 Å². The van der Waals surface area contributed by atoms with E-state index in [1.165, 1.54) is 5.56 Å². The minimum Gasteiger partial charge on any atom is -0.497 e. The van der Waals surface area contributed by atoms with Crippen molar-refractivity contribution in [1.82, 2.24) is 16.0 Å². The smallest absolute Gasteiger partial charge is 0.191 e. The number of guanidine groups is 1. The van der Waals surface area contributed by atoms with Gasteiger partial charge in [0.25, 0.3) is 0 Å². The van der Waals surface area contributed by atoms with Gasteiger partial charge in [0.1, 0.15) is 5.75 Å². The average Bonchev–Trinajstić information content (AvgIpc) is 2.56. The summed E-state index contributed by atoms with van der Waals surface area (Å²) in [4.78, 5) is 4.26. The molecule has 0 aliphatic heterocycles. The predicted octanol–water partition coefficient (Wildman–Crippen LogP) is 3.36. The second-order valence-corrected chi connectivity index (χ2v) is 7.07. The Kier molecular flexibility index (Phi) is 11.8. The van der Waals surface area contributed by atoms with Gasteiger partial charge in [0.15, 0.2) is 5.96 Å². The van der Waals surface area contributed by atoms with Gasteiger partial charge in [0.2, 0.25) is 0 Å². The predicted molar refractivity (Wildman–Crippen MR) is 119 cm³/mol. The van der Waals surface area contributed by atoms with Crippen LogP contribution in [0.1, 0.15) is 45.6 Å². The molecule has 0 aliphatic carbocycles. The Bertz CT molecular complexity index is 497. The van der Waals surface area contributed by atoms with E-state index in [1.807, 2.05) is 12.1 Å². The normalized spacial score (nSPS) is 13.0. The van der Waals surface area contributed by atoms with Crippen LogP contribution < -0.4 is 20.7 Å². The van der Waals surface area contributed by atoms with Gasteiger partial charge in [-0.25, -0.2) is 0 Å². The van der Waals surface area contributed by atoms with Gasteiger partial charge >= 0.3 is 0 Å². The fourth-order valence-electron chi connectivity index (χ4n) is 2.35. The number of aliphatic imine (C=N–C) groups is 1. The Morgan fingerprint density at radius 2 is 1.68 bits per heavy atom. The third-order valence-electron chi connectivity index (χ3n) is 3.85. The maximum absolute atomic E-state index is 5.20. The molecular formula is C19H35IN4O. The van der Waals surface area contributed by atoms with Crippen LogP contribution in [0.3, 0.4) is 0 Å². The zero-order valence-electron chi connectivity index (χ0n) is 16.5. The fourth-order valence-corrected chi connectivity index (χ4v) is 2.35. The van der Waals surface area contributed by atoms with Crippen LogP contribution in [0.4, 0.5) is 0 Å². The van der Waals surface area contributed by atoms with Crippen LogP contribution in [0, 0.1) is 0 Å². The van der Waals surface area contributed by atoms with Crippen molar-refractivity contribution in [2.24, 2.45) is 4.99 Å². The first-order valence-electron chi connectivity index (χ1n) is 8.69. The van der Waals surface area contributed by atoms with Crippen LogP contribution in [-0.2, 0) is 0 Å². The summed E-state index contributed by atoms with van der Waals surface area (Å²) in [6.45, 7) is 11.4. The largest absolute Gasteiger partial charge is 0.497 e. The monoisotopic (exact) mass is 462 g/mol. The highest BCUT2D eigenvalue weighted by atomic mass is 127. The quantitative estimate of drug-likeness (QED) is 0.240. The number of ether oxygens (including phenoxy) is 1. The van der Waals surface area contributed by atoms with E-state index in [4.69, 9.17) is 4.74 Å². The van der Waals surface area contributed by atoms with Gasteiger partial charge in [-0.2, -0.15) is 0 Å². The number of nitrogens with one attached hydrogen (secondary N) is 3. The van der Waals surface area contributed by atoms with Crippen molar-refractivity contribution >= 4 is 29.9 Å². The van der Waals surface area contributed by atoms with Crippen LogP contribution in [0.5, 0.6) is 5.75 Å². The fraction of sp³-hybridized carbons (Fsp3) is 0.632. The molecule has 0 aromatic heterocycles. The van der Waals surface area contributed by atoms with E-state index in [0.717, 1.165) is 37.8 Å². The molecule has 0 fully saturated rings. The van der Waals surface area contributed by atoms with Gasteiger partial charge < -0.3 is 20.7 Å². The minimum atomic E-state index is 0. The third-order valence-corrected chi connectivity index (χ3v) is 3.85. The van der Waals surface area contributed by atoms with Gasteiger partial charge in [0.05, 0.1) is 7.11 Å². The van der Waals surface area contributed by atoms with Crippen molar-refractivity contribution in [1.29, 1.82) is 0 Å². The zero-order chi connectivity index (χ0) is 18.0. The molecule has 25 heavy (non-hydrogen) atoms.